The highest BCUT2D eigenvalue weighted by Crippen LogP contribution is 2.06. The van der Waals surface area contributed by atoms with Gasteiger partial charge in [-0.25, -0.2) is 0 Å². The van der Waals surface area contributed by atoms with Crippen molar-refractivity contribution >= 4 is 23.1 Å². The van der Waals surface area contributed by atoms with Crippen LogP contribution >= 0.6 is 12.2 Å². The van der Waals surface area contributed by atoms with E-state index in [0.29, 0.717) is 24.5 Å². The summed E-state index contributed by atoms with van der Waals surface area (Å²) in [6, 6.07) is 0.255. The number of carbonyl (C=O) groups is 1. The number of likely N-dealkylation sites (N-methyl/N-ethyl adjacent to an activating group) is 2. The van der Waals surface area contributed by atoms with E-state index in [-0.39, 0.29) is 11.9 Å². The molecular weight excluding hydrogens is 210 g/mol. The second kappa shape index (κ2) is 7.59. The van der Waals surface area contributed by atoms with Crippen LogP contribution < -0.4 is 11.1 Å². The number of thiocarbonyl (C=S) groups is 1. The number of nitrogens with zero attached hydrogens (tertiary/aromatic N) is 1. The first-order valence-corrected chi connectivity index (χ1v) is 5.67. The normalized spacial score (nSPS) is 12.5. The highest BCUT2D eigenvalue weighted by Gasteiger charge is 2.15. The quantitative estimate of drug-likeness (QED) is 0.627. The molecule has 5 heteroatoms. The van der Waals surface area contributed by atoms with Crippen LogP contribution in [0, 0.1) is 0 Å². The highest BCUT2D eigenvalue weighted by atomic mass is 32.1. The van der Waals surface area contributed by atoms with Crippen LogP contribution in [-0.4, -0.2) is 42.0 Å². The monoisotopic (exact) mass is 231 g/mol. The Labute approximate surface area is 97.2 Å². The number of amides is 1. The molecule has 0 aliphatic rings. The van der Waals surface area contributed by atoms with Gasteiger partial charge in [-0.05, 0) is 20.4 Å². The molecule has 0 aliphatic carbocycles. The maximum absolute atomic E-state index is 11.3. The third-order valence-electron chi connectivity index (χ3n) is 2.30. The molecule has 0 rings (SSSR count). The smallest absolute Gasteiger partial charge is 0.234 e. The van der Waals surface area contributed by atoms with Crippen LogP contribution in [0.15, 0.2) is 0 Å². The Hall–Kier alpha value is -0.680. The van der Waals surface area contributed by atoms with Gasteiger partial charge in [-0.3, -0.25) is 9.69 Å². The van der Waals surface area contributed by atoms with E-state index in [1.165, 1.54) is 0 Å². The Bertz CT molecular complexity index is 221. The fourth-order valence-electron chi connectivity index (χ4n) is 1.45. The molecule has 0 spiro atoms. The predicted molar refractivity (Wildman–Crippen MR) is 66.8 cm³/mol. The number of nitrogens with two attached hydrogens (primary N) is 1. The Morgan fingerprint density at radius 2 is 2.13 bits per heavy atom. The lowest BCUT2D eigenvalue weighted by molar-refractivity contribution is -0.122. The molecule has 0 aromatic heterocycles. The minimum absolute atomic E-state index is 0.0430. The van der Waals surface area contributed by atoms with Gasteiger partial charge >= 0.3 is 0 Å². The predicted octanol–water partition coefficient (Wildman–Crippen LogP) is 0.509. The summed E-state index contributed by atoms with van der Waals surface area (Å²) in [5.41, 5.74) is 5.50. The summed E-state index contributed by atoms with van der Waals surface area (Å²) in [6.07, 6.45) is 1.61. The molecule has 0 bridgehead atoms. The van der Waals surface area contributed by atoms with E-state index in [0.717, 1.165) is 6.42 Å². The third kappa shape index (κ3) is 6.41. The molecule has 1 atom stereocenters. The Kier molecular flexibility index (Phi) is 7.25. The molecule has 0 saturated carbocycles. The van der Waals surface area contributed by atoms with Crippen LogP contribution in [0.4, 0.5) is 0 Å². The zero-order valence-electron chi connectivity index (χ0n) is 9.75. The van der Waals surface area contributed by atoms with Crippen molar-refractivity contribution in [2.75, 3.05) is 20.1 Å². The fraction of sp³-hybridized carbons (Fsp3) is 0.800. The molecule has 0 aromatic rings. The molecule has 88 valence electrons. The Morgan fingerprint density at radius 1 is 1.53 bits per heavy atom. The minimum Gasteiger partial charge on any atom is -0.393 e. The first kappa shape index (κ1) is 14.3. The van der Waals surface area contributed by atoms with Crippen molar-refractivity contribution in [2.45, 2.75) is 32.7 Å². The van der Waals surface area contributed by atoms with Gasteiger partial charge in [0.25, 0.3) is 0 Å². The van der Waals surface area contributed by atoms with E-state index in [2.05, 4.69) is 12.2 Å². The van der Waals surface area contributed by atoms with Crippen LogP contribution in [-0.2, 0) is 4.79 Å². The number of hydrogen-bond donors (Lipinski definition) is 2. The second-order valence-corrected chi connectivity index (χ2v) is 4.13. The van der Waals surface area contributed by atoms with Crippen LogP contribution in [0.2, 0.25) is 0 Å². The van der Waals surface area contributed by atoms with E-state index in [9.17, 15) is 4.79 Å². The van der Waals surface area contributed by atoms with Crippen molar-refractivity contribution in [2.24, 2.45) is 5.73 Å². The lowest BCUT2D eigenvalue weighted by Crippen LogP contribution is -2.41. The van der Waals surface area contributed by atoms with Gasteiger partial charge in [-0.15, -0.1) is 0 Å². The van der Waals surface area contributed by atoms with Crippen LogP contribution in [0.25, 0.3) is 0 Å². The Balaban J connectivity index is 4.08. The van der Waals surface area contributed by atoms with Crippen molar-refractivity contribution in [3.05, 3.63) is 0 Å². The molecule has 3 N–H and O–H groups in total. The van der Waals surface area contributed by atoms with Crippen LogP contribution in [0.3, 0.4) is 0 Å². The molecule has 0 aliphatic heterocycles. The fourth-order valence-corrected chi connectivity index (χ4v) is 1.65. The van der Waals surface area contributed by atoms with E-state index in [1.54, 1.807) is 0 Å². The van der Waals surface area contributed by atoms with Crippen molar-refractivity contribution in [3.63, 3.8) is 0 Å². The summed E-state index contributed by atoms with van der Waals surface area (Å²) < 4.78 is 0. The molecule has 0 aromatic carbocycles. The van der Waals surface area contributed by atoms with Crippen molar-refractivity contribution in [1.29, 1.82) is 0 Å². The zero-order valence-corrected chi connectivity index (χ0v) is 10.6. The second-order valence-electron chi connectivity index (χ2n) is 3.60. The molecule has 0 radical (unpaired) electrons. The number of hydrogen-bond acceptors (Lipinski definition) is 3. The molecule has 0 heterocycles. The summed E-state index contributed by atoms with van der Waals surface area (Å²) in [6.45, 7) is 5.04. The molecule has 4 nitrogen and oxygen atoms in total. The summed E-state index contributed by atoms with van der Waals surface area (Å²) in [5.74, 6) is 0.0430. The van der Waals surface area contributed by atoms with Crippen molar-refractivity contribution < 1.29 is 4.79 Å². The molecule has 1 amide bonds. The van der Waals surface area contributed by atoms with Gasteiger partial charge < -0.3 is 11.1 Å². The molecule has 0 saturated heterocycles. The topological polar surface area (TPSA) is 58.4 Å². The summed E-state index contributed by atoms with van der Waals surface area (Å²) in [7, 11) is 1.92. The average Bonchev–Trinajstić information content (AvgIpc) is 2.13. The molecular formula is C10H21N3OS. The van der Waals surface area contributed by atoms with Crippen LogP contribution in [0.5, 0.6) is 0 Å². The van der Waals surface area contributed by atoms with Gasteiger partial charge in [0, 0.05) is 19.0 Å². The van der Waals surface area contributed by atoms with Gasteiger partial charge in [-0.2, -0.15) is 0 Å². The van der Waals surface area contributed by atoms with E-state index in [4.69, 9.17) is 18.0 Å². The SMILES string of the molecule is CCNC(=O)CN(C)C(CC)CC(N)=S. The van der Waals surface area contributed by atoms with Gasteiger partial charge in [0.05, 0.1) is 11.5 Å². The first-order chi connectivity index (χ1) is 7.01. The van der Waals surface area contributed by atoms with E-state index < -0.39 is 0 Å². The van der Waals surface area contributed by atoms with Gasteiger partial charge in [0.1, 0.15) is 0 Å². The summed E-state index contributed by atoms with van der Waals surface area (Å²) in [5, 5.41) is 2.76. The first-order valence-electron chi connectivity index (χ1n) is 5.26. The maximum Gasteiger partial charge on any atom is 0.234 e. The third-order valence-corrected chi connectivity index (χ3v) is 2.47. The molecule has 0 fully saturated rings. The van der Waals surface area contributed by atoms with Crippen molar-refractivity contribution in [3.8, 4) is 0 Å². The van der Waals surface area contributed by atoms with Crippen LogP contribution in [0.1, 0.15) is 26.7 Å². The van der Waals surface area contributed by atoms with E-state index in [1.807, 2.05) is 18.9 Å². The van der Waals surface area contributed by atoms with Gasteiger partial charge in [0.15, 0.2) is 0 Å². The van der Waals surface area contributed by atoms with E-state index >= 15 is 0 Å². The lowest BCUT2D eigenvalue weighted by atomic mass is 10.1. The van der Waals surface area contributed by atoms with Gasteiger partial charge in [0.2, 0.25) is 5.91 Å². The minimum atomic E-state index is 0.0430. The van der Waals surface area contributed by atoms with Gasteiger partial charge in [-0.1, -0.05) is 19.1 Å². The average molecular weight is 231 g/mol. The number of carbonyl (C=O) groups excluding carboxylic acids is 1. The standard InChI is InChI=1S/C10H21N3OS/c1-4-8(6-9(11)15)13(3)7-10(14)12-5-2/h8H,4-7H2,1-3H3,(H2,11,15)(H,12,14). The zero-order chi connectivity index (χ0) is 11.8. The summed E-state index contributed by atoms with van der Waals surface area (Å²) >= 11 is 4.87. The molecule has 15 heavy (non-hydrogen) atoms. The number of nitrogens with one attached hydrogen (secondary N) is 1. The Morgan fingerprint density at radius 3 is 2.53 bits per heavy atom. The van der Waals surface area contributed by atoms with Crippen molar-refractivity contribution in [1.82, 2.24) is 10.2 Å². The lowest BCUT2D eigenvalue weighted by Gasteiger charge is -2.26. The molecule has 1 unspecified atom stereocenters. The summed E-state index contributed by atoms with van der Waals surface area (Å²) in [4.78, 5) is 13.8. The maximum atomic E-state index is 11.3. The number of rotatable bonds is 7. The highest BCUT2D eigenvalue weighted by molar-refractivity contribution is 7.80. The largest absolute Gasteiger partial charge is 0.393 e.